The number of ether oxygens (including phenoxy) is 1. The first-order valence-corrected chi connectivity index (χ1v) is 4.93. The highest BCUT2D eigenvalue weighted by atomic mass is 19.1. The highest BCUT2D eigenvalue weighted by Gasteiger charge is 2.37. The molecule has 5 nitrogen and oxygen atoms in total. The standard InChI is InChI=1S/C11H10FNO4/c1-17-10(14)5-9-7-3-2-6(12)4-8(7)11(15)13(9)16/h2-4,9,16H,5H2,1H3. The van der Waals surface area contributed by atoms with Gasteiger partial charge in [-0.15, -0.1) is 0 Å². The van der Waals surface area contributed by atoms with Gasteiger partial charge in [0.25, 0.3) is 5.91 Å². The first-order valence-electron chi connectivity index (χ1n) is 4.93. The molecule has 1 atom stereocenters. The molecule has 2 rings (SSSR count). The summed E-state index contributed by atoms with van der Waals surface area (Å²) in [7, 11) is 1.21. The van der Waals surface area contributed by atoms with Gasteiger partial charge in [0.2, 0.25) is 0 Å². The number of rotatable bonds is 2. The van der Waals surface area contributed by atoms with Crippen molar-refractivity contribution in [2.75, 3.05) is 7.11 Å². The predicted molar refractivity (Wildman–Crippen MR) is 53.7 cm³/mol. The lowest BCUT2D eigenvalue weighted by Gasteiger charge is -2.16. The van der Waals surface area contributed by atoms with Crippen LogP contribution in [-0.2, 0) is 9.53 Å². The highest BCUT2D eigenvalue weighted by molar-refractivity contribution is 5.98. The molecule has 90 valence electrons. The first-order chi connectivity index (χ1) is 8.04. The molecule has 0 aliphatic carbocycles. The number of benzene rings is 1. The molecule has 6 heteroatoms. The zero-order valence-corrected chi connectivity index (χ0v) is 9.01. The molecule has 0 saturated heterocycles. The van der Waals surface area contributed by atoms with Crippen molar-refractivity contribution in [3.8, 4) is 0 Å². The Hall–Kier alpha value is -1.95. The monoisotopic (exact) mass is 239 g/mol. The normalized spacial score (nSPS) is 18.2. The summed E-state index contributed by atoms with van der Waals surface area (Å²) in [5, 5.41) is 10.00. The van der Waals surface area contributed by atoms with Gasteiger partial charge in [0, 0.05) is 0 Å². The number of nitrogens with zero attached hydrogens (tertiary/aromatic N) is 1. The van der Waals surface area contributed by atoms with E-state index in [-0.39, 0.29) is 12.0 Å². The summed E-state index contributed by atoms with van der Waals surface area (Å²) in [6, 6.07) is 2.78. The molecular weight excluding hydrogens is 229 g/mol. The van der Waals surface area contributed by atoms with Crippen molar-refractivity contribution in [1.82, 2.24) is 5.06 Å². The molecule has 0 fully saturated rings. The van der Waals surface area contributed by atoms with E-state index in [4.69, 9.17) is 0 Å². The number of carbonyl (C=O) groups is 2. The summed E-state index contributed by atoms with van der Waals surface area (Å²) >= 11 is 0. The first kappa shape index (κ1) is 11.5. The minimum absolute atomic E-state index is 0.0707. The predicted octanol–water partition coefficient (Wildman–Crippen LogP) is 1.27. The molecule has 1 N–H and O–H groups in total. The van der Waals surface area contributed by atoms with Gasteiger partial charge in [0.15, 0.2) is 0 Å². The SMILES string of the molecule is COC(=O)CC1c2ccc(F)cc2C(=O)N1O. The van der Waals surface area contributed by atoms with Crippen molar-refractivity contribution < 1.29 is 23.9 Å². The summed E-state index contributed by atoms with van der Waals surface area (Å²) in [5.41, 5.74) is 0.491. The lowest BCUT2D eigenvalue weighted by Crippen LogP contribution is -2.25. The Morgan fingerprint density at radius 1 is 1.59 bits per heavy atom. The Morgan fingerprint density at radius 2 is 2.29 bits per heavy atom. The molecule has 1 heterocycles. The van der Waals surface area contributed by atoms with E-state index in [1.165, 1.54) is 19.2 Å². The van der Waals surface area contributed by atoms with Gasteiger partial charge in [0.1, 0.15) is 5.82 Å². The Balaban J connectivity index is 2.38. The molecule has 0 saturated carbocycles. The average molecular weight is 239 g/mol. The van der Waals surface area contributed by atoms with Crippen LogP contribution in [0.5, 0.6) is 0 Å². The van der Waals surface area contributed by atoms with E-state index in [1.54, 1.807) is 0 Å². The third-order valence-corrected chi connectivity index (χ3v) is 2.70. The van der Waals surface area contributed by atoms with Gasteiger partial charge in [0.05, 0.1) is 25.1 Å². The number of esters is 1. The van der Waals surface area contributed by atoms with Crippen molar-refractivity contribution in [3.05, 3.63) is 35.1 Å². The van der Waals surface area contributed by atoms with E-state index in [0.717, 1.165) is 6.07 Å². The molecule has 0 bridgehead atoms. The Kier molecular flexibility index (Phi) is 2.81. The van der Waals surface area contributed by atoms with Gasteiger partial charge in [-0.05, 0) is 17.7 Å². The third kappa shape index (κ3) is 1.87. The van der Waals surface area contributed by atoms with Gasteiger partial charge in [-0.2, -0.15) is 0 Å². The highest BCUT2D eigenvalue weighted by Crippen LogP contribution is 2.34. The van der Waals surface area contributed by atoms with E-state index >= 15 is 0 Å². The number of methoxy groups -OCH3 is 1. The number of hydrogen-bond donors (Lipinski definition) is 1. The average Bonchev–Trinajstić information content (AvgIpc) is 2.54. The zero-order valence-electron chi connectivity index (χ0n) is 9.01. The fourth-order valence-electron chi connectivity index (χ4n) is 1.84. The number of carbonyl (C=O) groups excluding carboxylic acids is 2. The molecule has 1 aliphatic heterocycles. The van der Waals surface area contributed by atoms with Crippen molar-refractivity contribution in [2.24, 2.45) is 0 Å². The van der Waals surface area contributed by atoms with Gasteiger partial charge >= 0.3 is 5.97 Å². The lowest BCUT2D eigenvalue weighted by atomic mass is 10.0. The molecule has 17 heavy (non-hydrogen) atoms. The number of halogens is 1. The summed E-state index contributed by atoms with van der Waals surface area (Å²) in [6.45, 7) is 0. The van der Waals surface area contributed by atoms with Crippen LogP contribution in [0.3, 0.4) is 0 Å². The minimum Gasteiger partial charge on any atom is -0.469 e. The van der Waals surface area contributed by atoms with Crippen molar-refractivity contribution >= 4 is 11.9 Å². The Labute approximate surface area is 96.4 Å². The summed E-state index contributed by atoms with van der Waals surface area (Å²) in [4.78, 5) is 22.7. The number of amides is 1. The minimum atomic E-state index is -0.814. The van der Waals surface area contributed by atoms with Crippen molar-refractivity contribution in [2.45, 2.75) is 12.5 Å². The van der Waals surface area contributed by atoms with Gasteiger partial charge < -0.3 is 4.74 Å². The van der Waals surface area contributed by atoms with Crippen LogP contribution < -0.4 is 0 Å². The second-order valence-corrected chi connectivity index (χ2v) is 3.68. The molecular formula is C11H10FNO4. The van der Waals surface area contributed by atoms with E-state index in [9.17, 15) is 19.2 Å². The third-order valence-electron chi connectivity index (χ3n) is 2.70. The van der Waals surface area contributed by atoms with E-state index in [1.807, 2.05) is 0 Å². The maximum atomic E-state index is 13.0. The topological polar surface area (TPSA) is 66.8 Å². The van der Waals surface area contributed by atoms with Crippen molar-refractivity contribution in [1.29, 1.82) is 0 Å². The lowest BCUT2D eigenvalue weighted by molar-refractivity contribution is -0.146. The van der Waals surface area contributed by atoms with E-state index in [0.29, 0.717) is 10.6 Å². The maximum Gasteiger partial charge on any atom is 0.308 e. The second-order valence-electron chi connectivity index (χ2n) is 3.68. The fraction of sp³-hybridized carbons (Fsp3) is 0.273. The van der Waals surface area contributed by atoms with Crippen LogP contribution in [0.1, 0.15) is 28.4 Å². The van der Waals surface area contributed by atoms with Crippen LogP contribution in [-0.4, -0.2) is 29.3 Å². The van der Waals surface area contributed by atoms with Crippen LogP contribution in [0.15, 0.2) is 18.2 Å². The molecule has 0 aromatic heterocycles. The quantitative estimate of drug-likeness (QED) is 0.623. The molecule has 1 aromatic rings. The molecule has 0 radical (unpaired) electrons. The number of fused-ring (bicyclic) bond motifs is 1. The van der Waals surface area contributed by atoms with Crippen LogP contribution in [0.2, 0.25) is 0 Å². The molecule has 1 amide bonds. The Morgan fingerprint density at radius 3 is 2.94 bits per heavy atom. The summed E-state index contributed by atoms with van der Waals surface area (Å²) in [6.07, 6.45) is -0.169. The Bertz CT molecular complexity index is 488. The number of hydrogen-bond acceptors (Lipinski definition) is 4. The van der Waals surface area contributed by atoms with E-state index in [2.05, 4.69) is 4.74 Å². The number of hydroxylamine groups is 2. The van der Waals surface area contributed by atoms with Crippen LogP contribution in [0, 0.1) is 5.82 Å². The smallest absolute Gasteiger partial charge is 0.308 e. The maximum absolute atomic E-state index is 13.0. The van der Waals surface area contributed by atoms with Crippen LogP contribution in [0.4, 0.5) is 4.39 Å². The molecule has 0 spiro atoms. The van der Waals surface area contributed by atoms with Gasteiger partial charge in [-0.1, -0.05) is 6.07 Å². The van der Waals surface area contributed by atoms with Crippen LogP contribution >= 0.6 is 0 Å². The zero-order chi connectivity index (χ0) is 12.6. The van der Waals surface area contributed by atoms with Gasteiger partial charge in [-0.3, -0.25) is 14.8 Å². The molecule has 1 aromatic carbocycles. The largest absolute Gasteiger partial charge is 0.469 e. The molecule has 1 aliphatic rings. The summed E-state index contributed by atoms with van der Waals surface area (Å²) in [5.74, 6) is -1.84. The van der Waals surface area contributed by atoms with Crippen molar-refractivity contribution in [3.63, 3.8) is 0 Å². The van der Waals surface area contributed by atoms with Crippen LogP contribution in [0.25, 0.3) is 0 Å². The molecule has 1 unspecified atom stereocenters. The second kappa shape index (κ2) is 4.14. The van der Waals surface area contributed by atoms with E-state index < -0.39 is 23.7 Å². The summed E-state index contributed by atoms with van der Waals surface area (Å²) < 4.78 is 17.4. The fourth-order valence-corrected chi connectivity index (χ4v) is 1.84. The van der Waals surface area contributed by atoms with Gasteiger partial charge in [-0.25, -0.2) is 9.45 Å².